The Morgan fingerprint density at radius 3 is 2.68 bits per heavy atom. The molecule has 4 aromatic rings. The highest BCUT2D eigenvalue weighted by atomic mass is 16.5. The minimum atomic E-state index is -0.814. The van der Waals surface area contributed by atoms with Gasteiger partial charge in [-0.15, -0.1) is 0 Å². The van der Waals surface area contributed by atoms with Crippen molar-refractivity contribution in [1.82, 2.24) is 25.0 Å². The summed E-state index contributed by atoms with van der Waals surface area (Å²) in [6, 6.07) is 10.8. The summed E-state index contributed by atoms with van der Waals surface area (Å²) in [4.78, 5) is 47.3. The van der Waals surface area contributed by atoms with Crippen molar-refractivity contribution in [2.75, 3.05) is 45.3 Å². The van der Waals surface area contributed by atoms with Crippen molar-refractivity contribution < 1.29 is 23.9 Å². The Morgan fingerprint density at radius 2 is 1.81 bits per heavy atom. The molecule has 2 N–H and O–H groups in total. The van der Waals surface area contributed by atoms with Crippen LogP contribution in [0.5, 0.6) is 0 Å². The van der Waals surface area contributed by atoms with Crippen LogP contribution in [0, 0.1) is 6.92 Å². The number of aromatic nitrogens is 3. The molecule has 47 heavy (non-hydrogen) atoms. The standard InChI is InChI=1S/C36H38N6O5/c1-22-13-24(14-28-21-38-42(3)31(22)28)16-30-34(44)41(2)8-10-47-12-11-46-9-4-5-23-15-29-32(37-20-23)40-35(45)36(29)18-26-7-6-25(33(43)39-30)17-27(26)19-36/h4-7,13-15,17,20-21,30H,8-12,16,18-19H2,1-3H3,(H,39,43)(H,37,40,45)/b5-4+/t30-,36-/m1/s1. The number of aryl methyl sites for hydroxylation is 2. The Morgan fingerprint density at radius 1 is 0.979 bits per heavy atom. The van der Waals surface area contributed by atoms with Crippen LogP contribution in [0.3, 0.4) is 0 Å². The van der Waals surface area contributed by atoms with Crippen LogP contribution in [0.2, 0.25) is 0 Å². The molecule has 2 aromatic heterocycles. The minimum Gasteiger partial charge on any atom is -0.377 e. The number of nitrogens with zero attached hydrogens (tertiary/aromatic N) is 4. The smallest absolute Gasteiger partial charge is 0.251 e. The molecule has 2 aromatic carbocycles. The van der Waals surface area contributed by atoms with E-state index in [1.165, 1.54) is 0 Å². The first-order chi connectivity index (χ1) is 22.7. The lowest BCUT2D eigenvalue weighted by Gasteiger charge is -2.25. The van der Waals surface area contributed by atoms with Crippen LogP contribution < -0.4 is 10.6 Å². The molecule has 0 saturated heterocycles. The van der Waals surface area contributed by atoms with E-state index >= 15 is 0 Å². The fourth-order valence-corrected chi connectivity index (χ4v) is 7.11. The highest BCUT2D eigenvalue weighted by Crippen LogP contribution is 2.47. The number of amides is 3. The molecule has 3 amide bonds. The van der Waals surface area contributed by atoms with Crippen molar-refractivity contribution in [3.05, 3.63) is 93.8 Å². The summed E-state index contributed by atoms with van der Waals surface area (Å²) >= 11 is 0. The summed E-state index contributed by atoms with van der Waals surface area (Å²) < 4.78 is 13.3. The van der Waals surface area contributed by atoms with Gasteiger partial charge in [0.2, 0.25) is 11.8 Å². The van der Waals surface area contributed by atoms with Crippen LogP contribution in [0.15, 0.2) is 54.9 Å². The first-order valence-electron chi connectivity index (χ1n) is 15.9. The number of pyridine rings is 1. The maximum atomic E-state index is 13.8. The van der Waals surface area contributed by atoms with E-state index in [0.717, 1.165) is 44.3 Å². The van der Waals surface area contributed by atoms with Gasteiger partial charge in [-0.1, -0.05) is 24.3 Å². The molecule has 7 rings (SSSR count). The average molecular weight is 635 g/mol. The summed E-state index contributed by atoms with van der Waals surface area (Å²) in [5.74, 6) is -0.0701. The first-order valence-corrected chi connectivity index (χ1v) is 15.9. The number of fused-ring (bicyclic) bond motifs is 3. The molecule has 0 saturated carbocycles. The highest BCUT2D eigenvalue weighted by Gasteiger charge is 2.51. The summed E-state index contributed by atoms with van der Waals surface area (Å²) in [6.07, 6.45) is 8.69. The van der Waals surface area contributed by atoms with Crippen LogP contribution in [0.4, 0.5) is 5.82 Å². The molecule has 0 radical (unpaired) electrons. The third-order valence-electron chi connectivity index (χ3n) is 9.51. The van der Waals surface area contributed by atoms with Crippen LogP contribution in [0.1, 0.15) is 43.7 Å². The fraction of sp³-hybridized carbons (Fsp3) is 0.361. The molecular formula is C36H38N6O5. The summed E-state index contributed by atoms with van der Waals surface area (Å²) in [7, 11) is 3.63. The van der Waals surface area contributed by atoms with Crippen molar-refractivity contribution in [1.29, 1.82) is 0 Å². The number of hydrogen-bond acceptors (Lipinski definition) is 7. The third kappa shape index (κ3) is 5.81. The number of ether oxygens (including phenoxy) is 2. The number of anilines is 1. The lowest BCUT2D eigenvalue weighted by molar-refractivity contribution is -0.132. The van der Waals surface area contributed by atoms with Gasteiger partial charge >= 0.3 is 0 Å². The number of rotatable bonds is 2. The van der Waals surface area contributed by atoms with Crippen LogP contribution in [0.25, 0.3) is 17.0 Å². The SMILES string of the molecule is Cc1cc(C[C@H]2NC(=O)c3ccc4c(c3)C[C@@]3(C4)C(=O)Nc4ncc(cc43)/C=C/COCCOCCN(C)C2=O)cc2cnn(C)c12. The Bertz CT molecular complexity index is 1930. The van der Waals surface area contributed by atoms with Gasteiger partial charge < -0.3 is 25.0 Å². The number of benzene rings is 2. The molecule has 5 bridgehead atoms. The van der Waals surface area contributed by atoms with E-state index < -0.39 is 11.5 Å². The van der Waals surface area contributed by atoms with Gasteiger partial charge in [0.15, 0.2) is 0 Å². The summed E-state index contributed by atoms with van der Waals surface area (Å²) in [5.41, 5.74) is 6.35. The van der Waals surface area contributed by atoms with Crippen molar-refractivity contribution in [2.45, 2.75) is 37.6 Å². The first kappa shape index (κ1) is 30.8. The largest absolute Gasteiger partial charge is 0.377 e. The molecule has 2 aliphatic heterocycles. The zero-order valence-electron chi connectivity index (χ0n) is 26.8. The van der Waals surface area contributed by atoms with Gasteiger partial charge in [-0.25, -0.2) is 4.98 Å². The maximum Gasteiger partial charge on any atom is 0.251 e. The maximum absolute atomic E-state index is 13.8. The topological polar surface area (TPSA) is 128 Å². The molecule has 3 aliphatic rings. The molecular weight excluding hydrogens is 596 g/mol. The van der Waals surface area contributed by atoms with Gasteiger partial charge in [-0.05, 0) is 71.8 Å². The van der Waals surface area contributed by atoms with E-state index in [1.54, 1.807) is 24.2 Å². The lowest BCUT2D eigenvalue weighted by Crippen LogP contribution is -2.49. The number of hydrogen-bond donors (Lipinski definition) is 2. The van der Waals surface area contributed by atoms with Crippen molar-refractivity contribution >= 4 is 40.5 Å². The molecule has 11 heteroatoms. The van der Waals surface area contributed by atoms with Gasteiger partial charge in [-0.2, -0.15) is 5.10 Å². The molecule has 1 spiro atoms. The second-order valence-corrected chi connectivity index (χ2v) is 12.7. The van der Waals surface area contributed by atoms with E-state index in [1.807, 2.05) is 67.3 Å². The minimum absolute atomic E-state index is 0.0873. The number of nitrogens with one attached hydrogen (secondary N) is 2. The second-order valence-electron chi connectivity index (χ2n) is 12.7. The molecule has 0 fully saturated rings. The average Bonchev–Trinajstić information content (AvgIpc) is 3.71. The predicted molar refractivity (Wildman–Crippen MR) is 177 cm³/mol. The van der Waals surface area contributed by atoms with Crippen molar-refractivity contribution in [3.8, 4) is 0 Å². The zero-order chi connectivity index (χ0) is 32.7. The summed E-state index contributed by atoms with van der Waals surface area (Å²) in [5, 5.41) is 11.4. The lowest BCUT2D eigenvalue weighted by atomic mass is 9.79. The number of carbonyl (C=O) groups excluding carboxylic acids is 3. The zero-order valence-corrected chi connectivity index (χ0v) is 26.8. The molecule has 1 aliphatic carbocycles. The van der Waals surface area contributed by atoms with Gasteiger partial charge in [0.25, 0.3) is 5.91 Å². The molecule has 11 nitrogen and oxygen atoms in total. The Kier molecular flexibility index (Phi) is 8.11. The van der Waals surface area contributed by atoms with Gasteiger partial charge in [0.05, 0.1) is 43.6 Å². The number of likely N-dealkylation sites (N-methyl/N-ethyl adjacent to an activating group) is 1. The molecule has 0 unspecified atom stereocenters. The Hall–Kier alpha value is -4.87. The van der Waals surface area contributed by atoms with Crippen molar-refractivity contribution in [2.24, 2.45) is 7.05 Å². The van der Waals surface area contributed by atoms with E-state index in [-0.39, 0.29) is 17.7 Å². The normalized spacial score (nSPS) is 22.6. The summed E-state index contributed by atoms with van der Waals surface area (Å²) in [6.45, 7) is 3.91. The van der Waals surface area contributed by atoms with E-state index in [9.17, 15) is 14.4 Å². The third-order valence-corrected chi connectivity index (χ3v) is 9.51. The fourth-order valence-electron chi connectivity index (χ4n) is 7.11. The van der Waals surface area contributed by atoms with Crippen LogP contribution in [-0.2, 0) is 50.8 Å². The van der Waals surface area contributed by atoms with E-state index in [0.29, 0.717) is 63.6 Å². The highest BCUT2D eigenvalue weighted by molar-refractivity contribution is 6.06. The van der Waals surface area contributed by atoms with Gasteiger partial charge in [0, 0.05) is 49.8 Å². The predicted octanol–water partition coefficient (Wildman–Crippen LogP) is 3.12. The quantitative estimate of drug-likeness (QED) is 0.347. The van der Waals surface area contributed by atoms with E-state index in [4.69, 9.17) is 9.47 Å². The van der Waals surface area contributed by atoms with Crippen molar-refractivity contribution in [3.63, 3.8) is 0 Å². The van der Waals surface area contributed by atoms with Crippen LogP contribution >= 0.6 is 0 Å². The number of carbonyl (C=O) groups is 3. The van der Waals surface area contributed by atoms with Gasteiger partial charge in [0.1, 0.15) is 11.9 Å². The molecule has 242 valence electrons. The Labute approximate surface area is 272 Å². The van der Waals surface area contributed by atoms with Gasteiger partial charge in [-0.3, -0.25) is 19.1 Å². The van der Waals surface area contributed by atoms with E-state index in [2.05, 4.69) is 20.7 Å². The monoisotopic (exact) mass is 634 g/mol. The second kappa shape index (κ2) is 12.4. The van der Waals surface area contributed by atoms with Crippen LogP contribution in [-0.4, -0.2) is 83.4 Å². The molecule has 2 atom stereocenters. The Balaban J connectivity index is 1.20. The molecule has 4 heterocycles.